The van der Waals surface area contributed by atoms with Gasteiger partial charge in [-0.25, -0.2) is 0 Å². The van der Waals surface area contributed by atoms with Crippen molar-refractivity contribution in [3.63, 3.8) is 0 Å². The molecule has 0 heterocycles. The normalized spacial score (nSPS) is 39.1. The van der Waals surface area contributed by atoms with Gasteiger partial charge in [0.1, 0.15) is 12.7 Å². The fraction of sp³-hybridized carbons (Fsp3) is 0.724. The minimum absolute atomic E-state index is 0.0224. The Kier molecular flexibility index (Phi) is 7.35. The lowest BCUT2D eigenvalue weighted by Gasteiger charge is -2.59. The van der Waals surface area contributed by atoms with Crippen LogP contribution < -0.4 is 0 Å². The third-order valence-corrected chi connectivity index (χ3v) is 9.43. The number of allylic oxidation sites excluding steroid dienone is 3. The molecule has 0 aromatic carbocycles. The van der Waals surface area contributed by atoms with E-state index in [0.717, 1.165) is 12.0 Å². The molecule has 7 heteroatoms. The quantitative estimate of drug-likeness (QED) is 0.527. The van der Waals surface area contributed by atoms with E-state index >= 15 is 0 Å². The zero-order chi connectivity index (χ0) is 26.4. The highest BCUT2D eigenvalue weighted by atomic mass is 16.5. The Morgan fingerprint density at radius 2 is 1.92 bits per heavy atom. The molecule has 0 saturated heterocycles. The number of Topliss-reactive ketones (excluding diaryl/α,β-unsaturated/α-hetero) is 1. The summed E-state index contributed by atoms with van der Waals surface area (Å²) in [7, 11) is 0. The van der Waals surface area contributed by atoms with Gasteiger partial charge in [0.2, 0.25) is 0 Å². The Bertz CT molecular complexity index is 994. The maximum atomic E-state index is 13.2. The Labute approximate surface area is 213 Å². The van der Waals surface area contributed by atoms with Gasteiger partial charge in [-0.3, -0.25) is 19.2 Å². The van der Waals surface area contributed by atoms with Gasteiger partial charge in [0, 0.05) is 23.7 Å². The summed E-state index contributed by atoms with van der Waals surface area (Å²) in [6, 6.07) is 0. The highest BCUT2D eigenvalue weighted by Crippen LogP contribution is 2.66. The number of carbonyl (C=O) groups is 4. The molecule has 0 aromatic rings. The van der Waals surface area contributed by atoms with Crippen molar-refractivity contribution in [1.82, 2.24) is 0 Å². The molecule has 7 nitrogen and oxygen atoms in total. The maximum absolute atomic E-state index is 13.2. The lowest BCUT2D eigenvalue weighted by molar-refractivity contribution is -0.164. The second-order valence-corrected chi connectivity index (χ2v) is 12.0. The van der Waals surface area contributed by atoms with E-state index in [9.17, 15) is 24.3 Å². The van der Waals surface area contributed by atoms with Crippen LogP contribution in [0.25, 0.3) is 0 Å². The minimum atomic E-state index is -0.679. The van der Waals surface area contributed by atoms with E-state index in [2.05, 4.69) is 6.92 Å². The van der Waals surface area contributed by atoms with Crippen LogP contribution in [0.5, 0.6) is 0 Å². The number of aliphatic hydroxyl groups excluding tert-OH is 1. The van der Waals surface area contributed by atoms with E-state index in [1.54, 1.807) is 26.0 Å². The summed E-state index contributed by atoms with van der Waals surface area (Å²) >= 11 is 0. The standard InChI is InChI=1S/C29H40O7/c1-6-7-25(33)36-24-13-18-19-8-9-20(23(32)15-35-27(34)16(2)3)29(19,5)14-22(31)26(18)28(4)11-10-17(30)12-21(24)28/h10-12,16,18-20,22,24,26,31H,6-9,13-15H2,1-5H3/t18-,19-,20+,22?,24?,26+,28-,29-/m0/s1. The molecule has 2 unspecified atom stereocenters. The van der Waals surface area contributed by atoms with Crippen molar-refractivity contribution in [2.24, 2.45) is 40.4 Å². The van der Waals surface area contributed by atoms with Crippen molar-refractivity contribution >= 4 is 23.5 Å². The van der Waals surface area contributed by atoms with Crippen LogP contribution in [0.1, 0.15) is 73.1 Å². The van der Waals surface area contributed by atoms with Crippen LogP contribution in [0.15, 0.2) is 23.8 Å². The fourth-order valence-electron chi connectivity index (χ4n) is 7.83. The Balaban J connectivity index is 1.63. The lowest BCUT2D eigenvalue weighted by Crippen LogP contribution is -2.59. The zero-order valence-electron chi connectivity index (χ0n) is 22.1. The van der Waals surface area contributed by atoms with Gasteiger partial charge in [-0.15, -0.1) is 0 Å². The summed E-state index contributed by atoms with van der Waals surface area (Å²) in [4.78, 5) is 50.0. The summed E-state index contributed by atoms with van der Waals surface area (Å²) in [6.45, 7) is 9.28. The predicted octanol–water partition coefficient (Wildman–Crippen LogP) is 3.97. The van der Waals surface area contributed by atoms with Gasteiger partial charge in [0.05, 0.1) is 12.0 Å². The van der Waals surface area contributed by atoms with Crippen LogP contribution in [0.3, 0.4) is 0 Å². The molecular weight excluding hydrogens is 460 g/mol. The number of ether oxygens (including phenoxy) is 2. The third-order valence-electron chi connectivity index (χ3n) is 9.43. The zero-order valence-corrected chi connectivity index (χ0v) is 22.1. The highest BCUT2D eigenvalue weighted by molar-refractivity contribution is 6.01. The molecule has 198 valence electrons. The molecule has 36 heavy (non-hydrogen) atoms. The van der Waals surface area contributed by atoms with Gasteiger partial charge in [0.15, 0.2) is 11.6 Å². The van der Waals surface area contributed by atoms with Crippen LogP contribution in [0.4, 0.5) is 0 Å². The molecule has 0 aliphatic heterocycles. The summed E-state index contributed by atoms with van der Waals surface area (Å²) < 4.78 is 11.2. The number of esters is 2. The number of fused-ring (bicyclic) bond motifs is 5. The van der Waals surface area contributed by atoms with Gasteiger partial charge >= 0.3 is 11.9 Å². The first-order valence-electron chi connectivity index (χ1n) is 13.4. The number of hydrogen-bond donors (Lipinski definition) is 1. The number of hydrogen-bond acceptors (Lipinski definition) is 7. The minimum Gasteiger partial charge on any atom is -0.458 e. The van der Waals surface area contributed by atoms with Crippen molar-refractivity contribution in [2.75, 3.05) is 6.61 Å². The molecule has 0 radical (unpaired) electrons. The van der Waals surface area contributed by atoms with Crippen LogP contribution in [-0.4, -0.2) is 47.4 Å². The van der Waals surface area contributed by atoms with Gasteiger partial charge < -0.3 is 14.6 Å². The largest absolute Gasteiger partial charge is 0.458 e. The first-order chi connectivity index (χ1) is 16.9. The molecule has 4 aliphatic carbocycles. The molecular formula is C29H40O7. The third kappa shape index (κ3) is 4.48. The summed E-state index contributed by atoms with van der Waals surface area (Å²) in [5.41, 5.74) is -0.274. The first-order valence-corrected chi connectivity index (χ1v) is 13.4. The molecule has 0 amide bonds. The molecule has 3 fully saturated rings. The van der Waals surface area contributed by atoms with Crippen LogP contribution in [-0.2, 0) is 28.7 Å². The SMILES string of the molecule is CCCC(=O)OC1C[C@H]2[C@@H]3CC[C@H](C(=O)COC(=O)C(C)C)[C@@]3(C)CC(O)[C@@H]2[C@@]2(C)C=CC(=O)C=C12. The van der Waals surface area contributed by atoms with Crippen molar-refractivity contribution in [1.29, 1.82) is 0 Å². The monoisotopic (exact) mass is 500 g/mol. The van der Waals surface area contributed by atoms with E-state index < -0.39 is 23.0 Å². The van der Waals surface area contributed by atoms with E-state index in [-0.39, 0.29) is 59.7 Å². The Hall–Kier alpha value is -2.28. The first kappa shape index (κ1) is 26.8. The van der Waals surface area contributed by atoms with Crippen LogP contribution in [0.2, 0.25) is 0 Å². The van der Waals surface area contributed by atoms with Crippen LogP contribution >= 0.6 is 0 Å². The van der Waals surface area contributed by atoms with Gasteiger partial charge in [-0.1, -0.05) is 40.7 Å². The molecule has 4 rings (SSSR count). The van der Waals surface area contributed by atoms with E-state index in [4.69, 9.17) is 9.47 Å². The predicted molar refractivity (Wildman–Crippen MR) is 132 cm³/mol. The highest BCUT2D eigenvalue weighted by Gasteiger charge is 2.64. The second-order valence-electron chi connectivity index (χ2n) is 12.0. The van der Waals surface area contributed by atoms with E-state index in [1.165, 1.54) is 0 Å². The second kappa shape index (κ2) is 9.88. The van der Waals surface area contributed by atoms with Gasteiger partial charge in [-0.2, -0.15) is 0 Å². The van der Waals surface area contributed by atoms with Gasteiger partial charge in [0.25, 0.3) is 0 Å². The Morgan fingerprint density at radius 1 is 1.19 bits per heavy atom. The molecule has 0 spiro atoms. The number of rotatable bonds is 7. The molecule has 8 atom stereocenters. The van der Waals surface area contributed by atoms with Crippen molar-refractivity contribution in [2.45, 2.75) is 85.4 Å². The van der Waals surface area contributed by atoms with E-state index in [1.807, 2.05) is 19.9 Å². The number of carbonyl (C=O) groups excluding carboxylic acids is 4. The number of ketones is 2. The van der Waals surface area contributed by atoms with Crippen molar-refractivity contribution in [3.8, 4) is 0 Å². The molecule has 3 saturated carbocycles. The summed E-state index contributed by atoms with van der Waals surface area (Å²) in [5.74, 6) is -1.45. The summed E-state index contributed by atoms with van der Waals surface area (Å²) in [6.07, 6.45) is 7.33. The van der Waals surface area contributed by atoms with Gasteiger partial charge in [-0.05, 0) is 67.1 Å². The Morgan fingerprint density at radius 3 is 2.58 bits per heavy atom. The topological polar surface area (TPSA) is 107 Å². The molecule has 4 aliphatic rings. The lowest BCUT2D eigenvalue weighted by atomic mass is 9.46. The van der Waals surface area contributed by atoms with Crippen molar-refractivity contribution < 1.29 is 33.8 Å². The number of aliphatic hydroxyl groups is 1. The average molecular weight is 501 g/mol. The average Bonchev–Trinajstić information content (AvgIpc) is 3.14. The molecule has 0 aromatic heterocycles. The van der Waals surface area contributed by atoms with E-state index in [0.29, 0.717) is 32.1 Å². The van der Waals surface area contributed by atoms with Crippen LogP contribution in [0, 0.1) is 40.4 Å². The fourth-order valence-corrected chi connectivity index (χ4v) is 7.83. The molecule has 0 bridgehead atoms. The van der Waals surface area contributed by atoms with Crippen molar-refractivity contribution in [3.05, 3.63) is 23.8 Å². The summed E-state index contributed by atoms with van der Waals surface area (Å²) in [5, 5.41) is 11.6. The maximum Gasteiger partial charge on any atom is 0.308 e. The molecule has 1 N–H and O–H groups in total. The smallest absolute Gasteiger partial charge is 0.308 e.